The number of nitrogens with zero attached hydrogens (tertiary/aromatic N) is 3. The summed E-state index contributed by atoms with van der Waals surface area (Å²) in [6.45, 7) is 1.94. The Morgan fingerprint density at radius 2 is 1.87 bits per heavy atom. The number of hydrazine groups is 1. The van der Waals surface area contributed by atoms with Crippen molar-refractivity contribution in [2.45, 2.75) is 26.2 Å². The van der Waals surface area contributed by atoms with Gasteiger partial charge in [0, 0.05) is 0 Å². The molecule has 0 fully saturated rings. The predicted octanol–water partition coefficient (Wildman–Crippen LogP) is 0.879. The first-order valence-corrected chi connectivity index (χ1v) is 4.74. The summed E-state index contributed by atoms with van der Waals surface area (Å²) in [5.74, 6) is 0. The van der Waals surface area contributed by atoms with Gasteiger partial charge in [-0.15, -0.1) is 15.1 Å². The Hall–Kier alpha value is -1.60. The van der Waals surface area contributed by atoms with E-state index in [1.54, 1.807) is 0 Å². The van der Waals surface area contributed by atoms with E-state index in [1.807, 2.05) is 6.92 Å². The van der Waals surface area contributed by atoms with Crippen molar-refractivity contribution >= 4 is 0 Å². The van der Waals surface area contributed by atoms with Gasteiger partial charge in [0.25, 0.3) is 5.09 Å². The molecule has 88 valence electrons. The molecule has 0 aliphatic carbocycles. The van der Waals surface area contributed by atoms with Gasteiger partial charge >= 0.3 is 0 Å². The molecule has 0 aromatic rings. The van der Waals surface area contributed by atoms with Crippen molar-refractivity contribution in [3.8, 4) is 0 Å². The molecule has 0 aliphatic heterocycles. The molecule has 0 unspecified atom stereocenters. The van der Waals surface area contributed by atoms with Crippen LogP contribution in [0, 0.1) is 20.2 Å². The second-order valence-corrected chi connectivity index (χ2v) is 2.96. The molecule has 0 aromatic carbocycles. The fourth-order valence-electron chi connectivity index (χ4n) is 1.04. The monoisotopic (exact) mass is 221 g/mol. The summed E-state index contributed by atoms with van der Waals surface area (Å²) in [4.78, 5) is 24.3. The molecule has 0 N–H and O–H groups in total. The number of unbranched alkanes of at least 4 members (excludes halogenated alkanes) is 2. The third kappa shape index (κ3) is 7.47. The molecule has 0 atom stereocenters. The lowest BCUT2D eigenvalue weighted by atomic mass is 10.2. The van der Waals surface area contributed by atoms with E-state index in [0.29, 0.717) is 13.0 Å². The average molecular weight is 221 g/mol. The summed E-state index contributed by atoms with van der Waals surface area (Å²) in [6.07, 6.45) is 2.58. The first-order valence-electron chi connectivity index (χ1n) is 4.74. The van der Waals surface area contributed by atoms with Gasteiger partial charge < -0.3 is 4.84 Å². The minimum absolute atomic E-state index is 0.0717. The van der Waals surface area contributed by atoms with Crippen LogP contribution < -0.4 is 0 Å². The van der Waals surface area contributed by atoms with Crippen LogP contribution in [-0.2, 0) is 4.84 Å². The number of nitro groups is 1. The van der Waals surface area contributed by atoms with Crippen molar-refractivity contribution in [3.05, 3.63) is 20.2 Å². The molecule has 8 heteroatoms. The lowest BCUT2D eigenvalue weighted by Gasteiger charge is -2.12. The molecule has 0 amide bonds. The van der Waals surface area contributed by atoms with Crippen LogP contribution in [-0.4, -0.2) is 34.8 Å². The Morgan fingerprint density at radius 1 is 1.20 bits per heavy atom. The highest BCUT2D eigenvalue weighted by Crippen LogP contribution is 1.98. The standard InChI is InChI=1S/C7H15N3O5/c1-2-3-4-5-8(9(11)12)6-7-15-10(13)14/h2-7H2,1H3. The van der Waals surface area contributed by atoms with Gasteiger partial charge in [0.2, 0.25) is 0 Å². The van der Waals surface area contributed by atoms with Crippen LogP contribution in [0.3, 0.4) is 0 Å². The number of rotatable bonds is 9. The highest BCUT2D eigenvalue weighted by atomic mass is 16.9. The highest BCUT2D eigenvalue weighted by Gasteiger charge is 2.13. The smallest absolute Gasteiger partial charge is 0.294 e. The van der Waals surface area contributed by atoms with Crippen molar-refractivity contribution in [2.24, 2.45) is 0 Å². The van der Waals surface area contributed by atoms with Gasteiger partial charge in [-0.25, -0.2) is 10.1 Å². The van der Waals surface area contributed by atoms with Crippen molar-refractivity contribution in [2.75, 3.05) is 19.7 Å². The first kappa shape index (κ1) is 13.4. The molecule has 8 nitrogen and oxygen atoms in total. The fraction of sp³-hybridized carbons (Fsp3) is 1.00. The zero-order chi connectivity index (χ0) is 11.7. The van der Waals surface area contributed by atoms with Crippen LogP contribution in [0.25, 0.3) is 0 Å². The lowest BCUT2D eigenvalue weighted by molar-refractivity contribution is -0.761. The van der Waals surface area contributed by atoms with Crippen LogP contribution in [0.15, 0.2) is 0 Å². The summed E-state index contributed by atoms with van der Waals surface area (Å²) in [5, 5.41) is 19.7. The zero-order valence-corrected chi connectivity index (χ0v) is 8.63. The second-order valence-electron chi connectivity index (χ2n) is 2.96. The maximum Gasteiger partial charge on any atom is 0.294 e. The molecular formula is C7H15N3O5. The minimum Gasteiger partial charge on any atom is -0.312 e. The largest absolute Gasteiger partial charge is 0.312 e. The van der Waals surface area contributed by atoms with E-state index >= 15 is 0 Å². The summed E-state index contributed by atoms with van der Waals surface area (Å²) in [6, 6.07) is 0. The van der Waals surface area contributed by atoms with Crippen LogP contribution in [0.5, 0.6) is 0 Å². The molecule has 0 aliphatic rings. The Labute approximate surface area is 87.0 Å². The molecular weight excluding hydrogens is 206 g/mol. The Balaban J connectivity index is 3.73. The molecule has 0 aromatic heterocycles. The van der Waals surface area contributed by atoms with Gasteiger partial charge in [-0.1, -0.05) is 19.8 Å². The topological polar surface area (TPSA) is 98.8 Å². The molecule has 15 heavy (non-hydrogen) atoms. The molecule has 0 heterocycles. The van der Waals surface area contributed by atoms with Crippen molar-refractivity contribution in [1.82, 2.24) is 5.01 Å². The SMILES string of the molecule is CCCCCN(CCO[N+](=O)[O-])[N+](=O)[O-]. The summed E-state index contributed by atoms with van der Waals surface area (Å²) in [7, 11) is 0. The number of hydrogen-bond donors (Lipinski definition) is 0. The average Bonchev–Trinajstić information content (AvgIpc) is 2.15. The maximum atomic E-state index is 10.5. The van der Waals surface area contributed by atoms with Crippen molar-refractivity contribution in [1.29, 1.82) is 0 Å². The summed E-state index contributed by atoms with van der Waals surface area (Å²) < 4.78 is 0. The van der Waals surface area contributed by atoms with E-state index in [0.717, 1.165) is 17.9 Å². The quantitative estimate of drug-likeness (QED) is 0.325. The van der Waals surface area contributed by atoms with Gasteiger partial charge in [0.05, 0.1) is 6.54 Å². The summed E-state index contributed by atoms with van der Waals surface area (Å²) >= 11 is 0. The molecule has 0 saturated heterocycles. The van der Waals surface area contributed by atoms with Crippen LogP contribution in [0.2, 0.25) is 0 Å². The molecule has 0 spiro atoms. The van der Waals surface area contributed by atoms with Gasteiger partial charge in [-0.2, -0.15) is 0 Å². The maximum absolute atomic E-state index is 10.5. The van der Waals surface area contributed by atoms with Gasteiger partial charge in [-0.3, -0.25) is 0 Å². The zero-order valence-electron chi connectivity index (χ0n) is 8.63. The molecule has 0 bridgehead atoms. The van der Waals surface area contributed by atoms with Gasteiger partial charge in [-0.05, 0) is 6.42 Å². The Morgan fingerprint density at radius 3 is 2.33 bits per heavy atom. The van der Waals surface area contributed by atoms with E-state index in [1.165, 1.54) is 0 Å². The van der Waals surface area contributed by atoms with Crippen molar-refractivity contribution < 1.29 is 15.0 Å². The fourth-order valence-corrected chi connectivity index (χ4v) is 1.04. The molecule has 0 rings (SSSR count). The van der Waals surface area contributed by atoms with E-state index in [2.05, 4.69) is 4.84 Å². The first-order chi connectivity index (χ1) is 7.07. The third-order valence-electron chi connectivity index (χ3n) is 1.80. The Bertz CT molecular complexity index is 211. The summed E-state index contributed by atoms with van der Waals surface area (Å²) in [5.41, 5.74) is 0. The molecule has 0 radical (unpaired) electrons. The predicted molar refractivity (Wildman–Crippen MR) is 51.0 cm³/mol. The molecule has 0 saturated carbocycles. The van der Waals surface area contributed by atoms with Crippen LogP contribution in [0.1, 0.15) is 26.2 Å². The normalized spacial score (nSPS) is 9.67. The van der Waals surface area contributed by atoms with E-state index < -0.39 is 10.1 Å². The third-order valence-corrected chi connectivity index (χ3v) is 1.80. The highest BCUT2D eigenvalue weighted by molar-refractivity contribution is 4.46. The minimum atomic E-state index is -0.954. The number of hydrogen-bond acceptors (Lipinski definition) is 5. The van der Waals surface area contributed by atoms with Crippen molar-refractivity contribution in [3.63, 3.8) is 0 Å². The Kier molecular flexibility index (Phi) is 6.94. The van der Waals surface area contributed by atoms with E-state index in [4.69, 9.17) is 0 Å². The van der Waals surface area contributed by atoms with E-state index in [-0.39, 0.29) is 13.2 Å². The van der Waals surface area contributed by atoms with E-state index in [9.17, 15) is 20.2 Å². The van der Waals surface area contributed by atoms with Crippen LogP contribution in [0.4, 0.5) is 0 Å². The van der Waals surface area contributed by atoms with Crippen LogP contribution >= 0.6 is 0 Å². The second kappa shape index (κ2) is 7.77. The van der Waals surface area contributed by atoms with Gasteiger partial charge in [0.1, 0.15) is 13.2 Å². The van der Waals surface area contributed by atoms with Gasteiger partial charge in [0.15, 0.2) is 5.03 Å². The lowest BCUT2D eigenvalue weighted by Crippen LogP contribution is -2.34.